The third-order valence-corrected chi connectivity index (χ3v) is 7.64. The van der Waals surface area contributed by atoms with Gasteiger partial charge in [-0.2, -0.15) is 13.2 Å². The normalized spacial score (nSPS) is 21.3. The minimum Gasteiger partial charge on any atom is -0.393 e. The third kappa shape index (κ3) is 5.62. The highest BCUT2D eigenvalue weighted by molar-refractivity contribution is 6.32. The van der Waals surface area contributed by atoms with Gasteiger partial charge in [0.1, 0.15) is 0 Å². The van der Waals surface area contributed by atoms with Gasteiger partial charge in [-0.1, -0.05) is 35.9 Å². The Balaban J connectivity index is 1.42. The molecule has 2 unspecified atom stereocenters. The van der Waals surface area contributed by atoms with E-state index in [0.717, 1.165) is 29.1 Å². The van der Waals surface area contributed by atoms with Gasteiger partial charge in [0.25, 0.3) is 0 Å². The second kappa shape index (κ2) is 10.4. The number of nitrogens with zero attached hydrogens (tertiary/aromatic N) is 4. The minimum atomic E-state index is -4.40. The van der Waals surface area contributed by atoms with Crippen molar-refractivity contribution in [2.24, 2.45) is 0 Å². The van der Waals surface area contributed by atoms with E-state index in [9.17, 15) is 23.1 Å². The second-order valence-electron chi connectivity index (χ2n) is 9.81. The van der Waals surface area contributed by atoms with Gasteiger partial charge in [0.05, 0.1) is 34.4 Å². The number of aromatic nitrogens is 2. The molecule has 5 rings (SSSR count). The summed E-state index contributed by atoms with van der Waals surface area (Å²) >= 11 is 6.36. The Morgan fingerprint density at radius 1 is 0.973 bits per heavy atom. The van der Waals surface area contributed by atoms with Crippen LogP contribution in [-0.2, 0) is 6.18 Å². The standard InChI is InChI=1S/C27H28ClF3N4O2/c28-23-3-1-2-4-25(23)35-16-24(32-17-35)20-13-19(18-5-7-21(8-6-18)27(29,30)31)14-34(15-20)26(37)33-11-9-22(36)10-12-33/h1-8,16-17,19-20,22,36H,9-15H2. The van der Waals surface area contributed by atoms with Crippen LogP contribution in [0.25, 0.3) is 5.69 Å². The molecule has 2 atom stereocenters. The number of alkyl halides is 3. The van der Waals surface area contributed by atoms with Gasteiger partial charge in [-0.15, -0.1) is 0 Å². The molecule has 37 heavy (non-hydrogen) atoms. The maximum atomic E-state index is 13.4. The fraction of sp³-hybridized carbons (Fsp3) is 0.407. The number of rotatable bonds is 3. The lowest BCUT2D eigenvalue weighted by Gasteiger charge is -2.41. The van der Waals surface area contributed by atoms with Crippen LogP contribution in [0.1, 0.15) is 47.9 Å². The minimum absolute atomic E-state index is 0.107. The first-order valence-electron chi connectivity index (χ1n) is 12.4. The molecule has 2 aliphatic rings. The Hall–Kier alpha value is -3.04. The third-order valence-electron chi connectivity index (χ3n) is 7.32. The van der Waals surface area contributed by atoms with Gasteiger partial charge in [0.2, 0.25) is 0 Å². The van der Waals surface area contributed by atoms with Crippen molar-refractivity contribution in [2.75, 3.05) is 26.2 Å². The Labute approximate surface area is 218 Å². The number of hydrogen-bond donors (Lipinski definition) is 1. The predicted octanol–water partition coefficient (Wildman–Crippen LogP) is 5.69. The van der Waals surface area contributed by atoms with Crippen LogP contribution >= 0.6 is 11.6 Å². The van der Waals surface area contributed by atoms with Gasteiger partial charge in [-0.3, -0.25) is 0 Å². The van der Waals surface area contributed by atoms with Crippen molar-refractivity contribution >= 4 is 17.6 Å². The molecule has 196 valence electrons. The number of para-hydroxylation sites is 1. The number of urea groups is 1. The average Bonchev–Trinajstić information content (AvgIpc) is 3.38. The van der Waals surface area contributed by atoms with E-state index in [1.807, 2.05) is 29.0 Å². The zero-order valence-electron chi connectivity index (χ0n) is 20.1. The first-order valence-corrected chi connectivity index (χ1v) is 12.7. The highest BCUT2D eigenvalue weighted by Gasteiger charge is 2.36. The SMILES string of the molecule is O=C(N1CCC(O)CC1)N1CC(c2ccc(C(F)(F)F)cc2)CC(c2cn(-c3ccccc3Cl)cn2)C1. The lowest BCUT2D eigenvalue weighted by Crippen LogP contribution is -2.51. The number of carbonyl (C=O) groups excluding carboxylic acids is 1. The van der Waals surface area contributed by atoms with Crippen molar-refractivity contribution in [1.82, 2.24) is 19.4 Å². The predicted molar refractivity (Wildman–Crippen MR) is 134 cm³/mol. The van der Waals surface area contributed by atoms with Gasteiger partial charge < -0.3 is 19.5 Å². The zero-order chi connectivity index (χ0) is 26.2. The molecule has 2 saturated heterocycles. The monoisotopic (exact) mass is 532 g/mol. The number of aliphatic hydroxyl groups is 1. The highest BCUT2D eigenvalue weighted by Crippen LogP contribution is 2.38. The van der Waals surface area contributed by atoms with Crippen molar-refractivity contribution in [3.05, 3.63) is 82.9 Å². The number of piperidine rings is 2. The lowest BCUT2D eigenvalue weighted by molar-refractivity contribution is -0.137. The van der Waals surface area contributed by atoms with Crippen LogP contribution < -0.4 is 0 Å². The first-order chi connectivity index (χ1) is 17.7. The van der Waals surface area contributed by atoms with Gasteiger partial charge in [-0.05, 0) is 49.1 Å². The molecule has 1 aromatic heterocycles. The van der Waals surface area contributed by atoms with Crippen LogP contribution in [-0.4, -0.2) is 62.8 Å². The molecule has 0 aliphatic carbocycles. The molecule has 0 radical (unpaired) electrons. The van der Waals surface area contributed by atoms with Gasteiger partial charge >= 0.3 is 12.2 Å². The first kappa shape index (κ1) is 25.6. The van der Waals surface area contributed by atoms with E-state index in [1.54, 1.807) is 22.2 Å². The van der Waals surface area contributed by atoms with E-state index < -0.39 is 17.8 Å². The largest absolute Gasteiger partial charge is 0.416 e. The van der Waals surface area contributed by atoms with Crippen molar-refractivity contribution in [3.63, 3.8) is 0 Å². The van der Waals surface area contributed by atoms with Gasteiger partial charge in [-0.25, -0.2) is 9.78 Å². The number of benzene rings is 2. The number of carbonyl (C=O) groups is 1. The fourth-order valence-electron chi connectivity index (χ4n) is 5.25. The van der Waals surface area contributed by atoms with E-state index in [1.165, 1.54) is 12.1 Å². The molecule has 1 N–H and O–H groups in total. The molecule has 2 fully saturated rings. The van der Waals surface area contributed by atoms with E-state index in [4.69, 9.17) is 11.6 Å². The molecule has 6 nitrogen and oxygen atoms in total. The summed E-state index contributed by atoms with van der Waals surface area (Å²) in [6.45, 7) is 1.82. The van der Waals surface area contributed by atoms with Gasteiger partial charge in [0, 0.05) is 44.2 Å². The maximum Gasteiger partial charge on any atom is 0.416 e. The summed E-state index contributed by atoms with van der Waals surface area (Å²) in [6.07, 6.45) is 0.512. The summed E-state index contributed by atoms with van der Waals surface area (Å²) in [6, 6.07) is 12.5. The van der Waals surface area contributed by atoms with Gasteiger partial charge in [0.15, 0.2) is 0 Å². The molecule has 10 heteroatoms. The summed E-state index contributed by atoms with van der Waals surface area (Å²) in [5, 5.41) is 10.4. The molecule has 3 aromatic rings. The van der Waals surface area contributed by atoms with E-state index in [-0.39, 0.29) is 17.9 Å². The Morgan fingerprint density at radius 2 is 1.65 bits per heavy atom. The summed E-state index contributed by atoms with van der Waals surface area (Å²) in [5.74, 6) is -0.255. The van der Waals surface area contributed by atoms with Crippen LogP contribution in [0.4, 0.5) is 18.0 Å². The number of hydrogen-bond acceptors (Lipinski definition) is 3. The molecule has 0 saturated carbocycles. The topological polar surface area (TPSA) is 61.6 Å². The van der Waals surface area contributed by atoms with Crippen LogP contribution in [0, 0.1) is 0 Å². The van der Waals surface area contributed by atoms with E-state index in [2.05, 4.69) is 4.98 Å². The van der Waals surface area contributed by atoms with E-state index >= 15 is 0 Å². The molecule has 2 aromatic carbocycles. The second-order valence-corrected chi connectivity index (χ2v) is 10.2. The fourth-order valence-corrected chi connectivity index (χ4v) is 5.49. The number of likely N-dealkylation sites (tertiary alicyclic amines) is 2. The number of imidazole rings is 1. The van der Waals surface area contributed by atoms with Crippen molar-refractivity contribution in [1.29, 1.82) is 0 Å². The molecular weight excluding hydrogens is 505 g/mol. The summed E-state index contributed by atoms with van der Waals surface area (Å²) in [7, 11) is 0. The molecule has 0 bridgehead atoms. The Morgan fingerprint density at radius 3 is 2.32 bits per heavy atom. The number of amides is 2. The lowest BCUT2D eigenvalue weighted by atomic mass is 9.83. The number of aliphatic hydroxyl groups excluding tert-OH is 1. The summed E-state index contributed by atoms with van der Waals surface area (Å²) in [5.41, 5.74) is 1.65. The molecule has 3 heterocycles. The molecule has 0 spiro atoms. The van der Waals surface area contributed by atoms with Crippen LogP contribution in [0.2, 0.25) is 5.02 Å². The van der Waals surface area contributed by atoms with E-state index in [0.29, 0.717) is 50.5 Å². The quantitative estimate of drug-likeness (QED) is 0.471. The average molecular weight is 533 g/mol. The van der Waals surface area contributed by atoms with Crippen molar-refractivity contribution in [2.45, 2.75) is 43.4 Å². The molecule has 2 amide bonds. The molecule has 2 aliphatic heterocycles. The summed E-state index contributed by atoms with van der Waals surface area (Å²) in [4.78, 5) is 21.6. The van der Waals surface area contributed by atoms with Crippen molar-refractivity contribution < 1.29 is 23.1 Å². The zero-order valence-corrected chi connectivity index (χ0v) is 20.9. The van der Waals surface area contributed by atoms with Crippen LogP contribution in [0.3, 0.4) is 0 Å². The summed E-state index contributed by atoms with van der Waals surface area (Å²) < 4.78 is 41.2. The smallest absolute Gasteiger partial charge is 0.393 e. The number of halogens is 4. The maximum absolute atomic E-state index is 13.4. The molecular formula is C27H28ClF3N4O2. The Kier molecular flexibility index (Phi) is 7.18. The highest BCUT2D eigenvalue weighted by atomic mass is 35.5. The Bertz CT molecular complexity index is 1240. The van der Waals surface area contributed by atoms with Crippen LogP contribution in [0.5, 0.6) is 0 Å². The van der Waals surface area contributed by atoms with Crippen molar-refractivity contribution in [3.8, 4) is 5.69 Å². The van der Waals surface area contributed by atoms with Crippen LogP contribution in [0.15, 0.2) is 61.1 Å².